The third-order valence-corrected chi connectivity index (χ3v) is 6.02. The van der Waals surface area contributed by atoms with Crippen molar-refractivity contribution in [2.75, 3.05) is 37.9 Å². The molecule has 0 aromatic carbocycles. The predicted molar refractivity (Wildman–Crippen MR) is 90.5 cm³/mol. The van der Waals surface area contributed by atoms with Gasteiger partial charge in [-0.15, -0.1) is 23.5 Å². The molecule has 2 unspecified atom stereocenters. The Morgan fingerprint density at radius 1 is 0.955 bits per heavy atom. The molecule has 2 fully saturated rings. The van der Waals surface area contributed by atoms with E-state index in [0.717, 1.165) is 11.5 Å². The molecule has 2 saturated heterocycles. The van der Waals surface area contributed by atoms with Crippen LogP contribution in [0.2, 0.25) is 0 Å². The minimum Gasteiger partial charge on any atom is -0.388 e. The first kappa shape index (κ1) is 18.8. The fraction of sp³-hybridized carbons (Fsp3) is 1.00. The summed E-state index contributed by atoms with van der Waals surface area (Å²) in [5.41, 5.74) is 0. The highest BCUT2D eigenvalue weighted by atomic mass is 32.2. The van der Waals surface area contributed by atoms with Crippen LogP contribution in [0.3, 0.4) is 0 Å². The number of rotatable bonds is 8. The zero-order chi connectivity index (χ0) is 16.2. The summed E-state index contributed by atoms with van der Waals surface area (Å²) in [5, 5.41) is 9.86. The molecule has 2 rings (SSSR count). The van der Waals surface area contributed by atoms with Crippen LogP contribution in [0.4, 0.5) is 0 Å². The van der Waals surface area contributed by atoms with Gasteiger partial charge in [0.15, 0.2) is 0 Å². The molecule has 0 aromatic heterocycles. The molecule has 7 heteroatoms. The van der Waals surface area contributed by atoms with E-state index in [4.69, 9.17) is 18.9 Å². The minimum atomic E-state index is -0.607. The fourth-order valence-electron chi connectivity index (χ4n) is 2.41. The molecule has 0 spiro atoms. The molecular weight excluding hydrogens is 324 g/mol. The van der Waals surface area contributed by atoms with Gasteiger partial charge < -0.3 is 24.1 Å². The molecule has 0 bridgehead atoms. The zero-order valence-electron chi connectivity index (χ0n) is 13.9. The van der Waals surface area contributed by atoms with Crippen molar-refractivity contribution in [2.45, 2.75) is 55.9 Å². The summed E-state index contributed by atoms with van der Waals surface area (Å²) in [6, 6.07) is 0. The first-order valence-electron chi connectivity index (χ1n) is 7.73. The lowest BCUT2D eigenvalue weighted by Gasteiger charge is -2.19. The average Bonchev–Trinajstić information content (AvgIpc) is 2.92. The number of aliphatic hydroxyl groups is 1. The van der Waals surface area contributed by atoms with Gasteiger partial charge in [-0.2, -0.15) is 0 Å². The zero-order valence-corrected chi connectivity index (χ0v) is 15.5. The van der Waals surface area contributed by atoms with Crippen molar-refractivity contribution in [3.8, 4) is 0 Å². The molecule has 0 saturated carbocycles. The van der Waals surface area contributed by atoms with E-state index in [-0.39, 0.29) is 35.3 Å². The lowest BCUT2D eigenvalue weighted by atomic mass is 10.3. The Labute approximate surface area is 141 Å². The number of thioether (sulfide) groups is 2. The van der Waals surface area contributed by atoms with E-state index in [0.29, 0.717) is 13.2 Å². The number of aliphatic hydroxyl groups excluding tert-OH is 1. The van der Waals surface area contributed by atoms with E-state index in [1.807, 2.05) is 0 Å². The first-order valence-corrected chi connectivity index (χ1v) is 9.70. The van der Waals surface area contributed by atoms with E-state index in [1.165, 1.54) is 0 Å². The molecule has 2 aliphatic rings. The van der Waals surface area contributed by atoms with Crippen molar-refractivity contribution in [3.05, 3.63) is 0 Å². The Bertz CT molecular complexity index is 319. The van der Waals surface area contributed by atoms with Crippen LogP contribution >= 0.6 is 23.5 Å². The molecule has 1 N–H and O–H groups in total. The summed E-state index contributed by atoms with van der Waals surface area (Å²) in [5.74, 6) is 1.87. The Morgan fingerprint density at radius 2 is 1.36 bits per heavy atom. The van der Waals surface area contributed by atoms with Gasteiger partial charge in [0.25, 0.3) is 0 Å². The van der Waals surface area contributed by atoms with Crippen molar-refractivity contribution in [1.29, 1.82) is 0 Å². The molecule has 0 amide bonds. The molecule has 0 radical (unpaired) electrons. The van der Waals surface area contributed by atoms with E-state index in [2.05, 4.69) is 27.7 Å². The summed E-state index contributed by atoms with van der Waals surface area (Å²) in [6.45, 7) is 9.83. The van der Waals surface area contributed by atoms with Gasteiger partial charge in [-0.1, -0.05) is 0 Å². The SMILES string of the molecule is CC1(C)OC(COCC(O)COCC2CSC(C)(C)O2)CS1. The van der Waals surface area contributed by atoms with Crippen molar-refractivity contribution < 1.29 is 24.1 Å². The standard InChI is InChI=1S/C15H28O5S2/c1-14(2)19-12(9-21-14)7-17-5-11(16)6-18-8-13-10-22-15(3,4)20-13/h11-13,16H,5-10H2,1-4H3. The molecule has 2 aliphatic heterocycles. The van der Waals surface area contributed by atoms with Crippen LogP contribution in [0.5, 0.6) is 0 Å². The molecule has 2 atom stereocenters. The van der Waals surface area contributed by atoms with Crippen LogP contribution in [0.25, 0.3) is 0 Å². The molecule has 0 aliphatic carbocycles. The number of hydrogen-bond donors (Lipinski definition) is 1. The Hall–Kier alpha value is 0.500. The van der Waals surface area contributed by atoms with E-state index >= 15 is 0 Å². The predicted octanol–water partition coefficient (Wildman–Crippen LogP) is 2.12. The van der Waals surface area contributed by atoms with E-state index in [1.54, 1.807) is 23.5 Å². The van der Waals surface area contributed by atoms with Gasteiger partial charge in [-0.25, -0.2) is 0 Å². The van der Waals surface area contributed by atoms with Crippen molar-refractivity contribution in [3.63, 3.8) is 0 Å². The second kappa shape index (κ2) is 8.05. The van der Waals surface area contributed by atoms with Crippen LogP contribution in [0, 0.1) is 0 Å². The van der Waals surface area contributed by atoms with Gasteiger partial charge in [0.05, 0.1) is 38.6 Å². The van der Waals surface area contributed by atoms with E-state index < -0.39 is 6.10 Å². The molecule has 2 heterocycles. The van der Waals surface area contributed by atoms with Gasteiger partial charge in [0, 0.05) is 11.5 Å². The monoisotopic (exact) mass is 352 g/mol. The second-order valence-electron chi connectivity index (χ2n) is 6.63. The molecule has 130 valence electrons. The third kappa shape index (κ3) is 6.55. The second-order valence-corrected chi connectivity index (χ2v) is 9.84. The lowest BCUT2D eigenvalue weighted by molar-refractivity contribution is -0.0785. The summed E-state index contributed by atoms with van der Waals surface area (Å²) >= 11 is 3.58. The number of ether oxygens (including phenoxy) is 4. The third-order valence-electron chi connectivity index (χ3n) is 3.36. The molecular formula is C15H28O5S2. The maximum Gasteiger partial charge on any atom is 0.108 e. The molecule has 22 heavy (non-hydrogen) atoms. The quantitative estimate of drug-likeness (QED) is 0.718. The van der Waals surface area contributed by atoms with Crippen LogP contribution in [0.15, 0.2) is 0 Å². The number of hydrogen-bond acceptors (Lipinski definition) is 7. The van der Waals surface area contributed by atoms with Crippen LogP contribution in [-0.2, 0) is 18.9 Å². The van der Waals surface area contributed by atoms with Gasteiger partial charge in [0.1, 0.15) is 16.0 Å². The highest BCUT2D eigenvalue weighted by Gasteiger charge is 2.33. The summed E-state index contributed by atoms with van der Waals surface area (Å²) in [6.07, 6.45) is -0.386. The van der Waals surface area contributed by atoms with Crippen LogP contribution in [0.1, 0.15) is 27.7 Å². The molecule has 0 aromatic rings. The van der Waals surface area contributed by atoms with E-state index in [9.17, 15) is 5.11 Å². The smallest absolute Gasteiger partial charge is 0.108 e. The van der Waals surface area contributed by atoms with Gasteiger partial charge in [-0.05, 0) is 27.7 Å². The summed E-state index contributed by atoms with van der Waals surface area (Å²) in [4.78, 5) is -0.244. The van der Waals surface area contributed by atoms with Crippen molar-refractivity contribution in [1.82, 2.24) is 0 Å². The topological polar surface area (TPSA) is 57.2 Å². The van der Waals surface area contributed by atoms with Gasteiger partial charge in [-0.3, -0.25) is 0 Å². The Balaban J connectivity index is 1.49. The molecule has 5 nitrogen and oxygen atoms in total. The van der Waals surface area contributed by atoms with Crippen LogP contribution in [-0.4, -0.2) is 71.2 Å². The maximum absolute atomic E-state index is 9.86. The van der Waals surface area contributed by atoms with Crippen LogP contribution < -0.4 is 0 Å². The van der Waals surface area contributed by atoms with Gasteiger partial charge in [0.2, 0.25) is 0 Å². The van der Waals surface area contributed by atoms with Gasteiger partial charge >= 0.3 is 0 Å². The minimum absolute atomic E-state index is 0.110. The first-order chi connectivity index (χ1) is 10.3. The normalized spacial score (nSPS) is 31.5. The maximum atomic E-state index is 9.86. The fourth-order valence-corrected chi connectivity index (χ4v) is 4.32. The highest BCUT2D eigenvalue weighted by Crippen LogP contribution is 2.36. The van der Waals surface area contributed by atoms with Crippen molar-refractivity contribution in [2.24, 2.45) is 0 Å². The highest BCUT2D eigenvalue weighted by molar-refractivity contribution is 8.00. The average molecular weight is 353 g/mol. The van der Waals surface area contributed by atoms with Crippen molar-refractivity contribution >= 4 is 23.5 Å². The Kier molecular flexibility index (Phi) is 6.89. The summed E-state index contributed by atoms with van der Waals surface area (Å²) < 4.78 is 22.7. The largest absolute Gasteiger partial charge is 0.388 e. The summed E-state index contributed by atoms with van der Waals surface area (Å²) in [7, 11) is 0. The Morgan fingerprint density at radius 3 is 1.68 bits per heavy atom. The lowest BCUT2D eigenvalue weighted by Crippen LogP contribution is -2.29.